The number of hydrogen-bond donors (Lipinski definition) is 1. The number of thiocarbonyl (C=S) groups is 1. The summed E-state index contributed by atoms with van der Waals surface area (Å²) >= 11 is 5.22. The molecule has 0 atom stereocenters. The number of nitrogens with one attached hydrogen (secondary N) is 1. The molecule has 7 nitrogen and oxygen atoms in total. The molecule has 4 rings (SSSR count). The number of anilines is 1. The third-order valence-corrected chi connectivity index (χ3v) is 5.64. The van der Waals surface area contributed by atoms with Crippen LogP contribution in [0.3, 0.4) is 0 Å². The van der Waals surface area contributed by atoms with Gasteiger partial charge < -0.3 is 14.3 Å². The van der Waals surface area contributed by atoms with Crippen molar-refractivity contribution in [1.29, 1.82) is 0 Å². The predicted molar refractivity (Wildman–Crippen MR) is 125 cm³/mol. The number of rotatable bonds is 5. The van der Waals surface area contributed by atoms with Gasteiger partial charge in [0.25, 0.3) is 11.8 Å². The number of nitrogens with zero attached hydrogens (tertiary/aromatic N) is 1. The van der Waals surface area contributed by atoms with E-state index in [4.69, 9.17) is 16.6 Å². The Bertz CT molecular complexity index is 1320. The molecule has 1 aliphatic heterocycles. The van der Waals surface area contributed by atoms with E-state index in [1.54, 1.807) is 43.3 Å². The van der Waals surface area contributed by atoms with E-state index in [2.05, 4.69) is 5.32 Å². The molecule has 166 valence electrons. The van der Waals surface area contributed by atoms with E-state index in [0.29, 0.717) is 22.6 Å². The monoisotopic (exact) mass is 459 g/mol. The number of carbonyl (C=O) groups excluding carboxylic acids is 3. The number of furan rings is 1. The Morgan fingerprint density at radius 2 is 1.85 bits per heavy atom. The van der Waals surface area contributed by atoms with Gasteiger partial charge in [-0.25, -0.2) is 0 Å². The molecule has 33 heavy (non-hydrogen) atoms. The Labute approximate surface area is 195 Å². The summed E-state index contributed by atoms with van der Waals surface area (Å²) in [7, 11) is 0. The van der Waals surface area contributed by atoms with Crippen molar-refractivity contribution in [1.82, 2.24) is 5.32 Å². The second kappa shape index (κ2) is 8.84. The third-order valence-electron chi connectivity index (χ3n) is 5.36. The van der Waals surface area contributed by atoms with Crippen LogP contribution in [0.25, 0.3) is 17.4 Å². The first kappa shape index (κ1) is 22.2. The molecule has 2 amide bonds. The lowest BCUT2D eigenvalue weighted by Crippen LogP contribution is -2.54. The van der Waals surface area contributed by atoms with Gasteiger partial charge in [0.2, 0.25) is 0 Å². The van der Waals surface area contributed by atoms with Crippen LogP contribution in [-0.2, 0) is 16.0 Å². The minimum absolute atomic E-state index is 0.000923. The van der Waals surface area contributed by atoms with Crippen LogP contribution < -0.4 is 15.3 Å². The van der Waals surface area contributed by atoms with Crippen LogP contribution in [0.15, 0.2) is 64.6 Å². The summed E-state index contributed by atoms with van der Waals surface area (Å²) in [5.74, 6) is -1.83. The van der Waals surface area contributed by atoms with Crippen LogP contribution in [0.1, 0.15) is 34.2 Å². The van der Waals surface area contributed by atoms with E-state index in [-0.39, 0.29) is 22.0 Å². The quantitative estimate of drug-likeness (QED) is 0.358. The predicted octanol–water partition coefficient (Wildman–Crippen LogP) is 3.01. The summed E-state index contributed by atoms with van der Waals surface area (Å²) in [5, 5.41) is 13.8. The lowest BCUT2D eigenvalue weighted by atomic mass is 10.0. The zero-order valence-corrected chi connectivity index (χ0v) is 18.7. The van der Waals surface area contributed by atoms with Crippen molar-refractivity contribution in [3.8, 4) is 11.3 Å². The van der Waals surface area contributed by atoms with Crippen molar-refractivity contribution in [3.05, 3.63) is 82.6 Å². The van der Waals surface area contributed by atoms with Gasteiger partial charge in [-0.15, -0.1) is 0 Å². The number of carbonyl (C=O) groups is 3. The first-order valence-corrected chi connectivity index (χ1v) is 10.6. The Morgan fingerprint density at radius 3 is 2.52 bits per heavy atom. The maximum atomic E-state index is 13.1. The topological polar surface area (TPSA) is 103 Å². The van der Waals surface area contributed by atoms with Gasteiger partial charge >= 0.3 is 0 Å². The largest absolute Gasteiger partial charge is 0.545 e. The lowest BCUT2D eigenvalue weighted by Gasteiger charge is -2.28. The van der Waals surface area contributed by atoms with Gasteiger partial charge in [0.05, 0.1) is 11.7 Å². The summed E-state index contributed by atoms with van der Waals surface area (Å²) in [5.41, 5.74) is 2.67. The summed E-state index contributed by atoms with van der Waals surface area (Å²) in [6.07, 6.45) is 2.19. The molecule has 0 aliphatic carbocycles. The number of benzene rings is 2. The summed E-state index contributed by atoms with van der Waals surface area (Å²) < 4.78 is 5.77. The SMILES string of the molecule is CCc1ccc(N2C(=O)/C(=C/c3ccc(-c4ccc(C)c(C(=O)[O-])c4)o3)C(=O)NC2=S)cc1. The van der Waals surface area contributed by atoms with E-state index in [9.17, 15) is 19.5 Å². The number of carboxylic acid groups (broad SMARTS) is 1. The highest BCUT2D eigenvalue weighted by Crippen LogP contribution is 2.27. The normalized spacial score (nSPS) is 15.2. The summed E-state index contributed by atoms with van der Waals surface area (Å²) in [6.45, 7) is 3.70. The molecule has 3 aromatic rings. The first-order valence-electron chi connectivity index (χ1n) is 10.2. The van der Waals surface area contributed by atoms with Crippen molar-refractivity contribution in [2.45, 2.75) is 20.3 Å². The molecule has 0 saturated carbocycles. The van der Waals surface area contributed by atoms with Gasteiger partial charge in [-0.3, -0.25) is 19.8 Å². The number of amides is 2. The highest BCUT2D eigenvalue weighted by molar-refractivity contribution is 7.80. The van der Waals surface area contributed by atoms with Gasteiger partial charge in [0.15, 0.2) is 5.11 Å². The average molecular weight is 460 g/mol. The van der Waals surface area contributed by atoms with E-state index >= 15 is 0 Å². The van der Waals surface area contributed by atoms with Crippen molar-refractivity contribution in [2.24, 2.45) is 0 Å². The second-order valence-electron chi connectivity index (χ2n) is 7.50. The first-order chi connectivity index (χ1) is 15.8. The molecule has 1 N–H and O–H groups in total. The highest BCUT2D eigenvalue weighted by Gasteiger charge is 2.34. The van der Waals surface area contributed by atoms with Gasteiger partial charge in [0, 0.05) is 11.1 Å². The zero-order valence-electron chi connectivity index (χ0n) is 17.9. The maximum Gasteiger partial charge on any atom is 0.270 e. The smallest absolute Gasteiger partial charge is 0.270 e. The number of carboxylic acids is 1. The molecule has 1 saturated heterocycles. The molecular formula is C25H19N2O5S-. The Hall–Kier alpha value is -4.04. The molecule has 1 aromatic heterocycles. The molecular weight excluding hydrogens is 440 g/mol. The van der Waals surface area contributed by atoms with Crippen molar-refractivity contribution < 1.29 is 23.9 Å². The van der Waals surface area contributed by atoms with E-state index < -0.39 is 17.8 Å². The minimum Gasteiger partial charge on any atom is -0.545 e. The summed E-state index contributed by atoms with van der Waals surface area (Å²) in [6, 6.07) is 15.4. The van der Waals surface area contributed by atoms with Crippen LogP contribution >= 0.6 is 12.2 Å². The van der Waals surface area contributed by atoms with Crippen LogP contribution in [0, 0.1) is 6.92 Å². The second-order valence-corrected chi connectivity index (χ2v) is 7.88. The van der Waals surface area contributed by atoms with Crippen LogP contribution in [0.5, 0.6) is 0 Å². The average Bonchev–Trinajstić information content (AvgIpc) is 3.26. The van der Waals surface area contributed by atoms with E-state index in [1.165, 1.54) is 17.0 Å². The van der Waals surface area contributed by atoms with Crippen LogP contribution in [0.4, 0.5) is 5.69 Å². The fourth-order valence-electron chi connectivity index (χ4n) is 3.50. The molecule has 2 heterocycles. The van der Waals surface area contributed by atoms with Gasteiger partial charge in [0.1, 0.15) is 17.1 Å². The molecule has 2 aromatic carbocycles. The van der Waals surface area contributed by atoms with Crippen LogP contribution in [-0.4, -0.2) is 22.9 Å². The van der Waals surface area contributed by atoms with Crippen molar-refractivity contribution >= 4 is 46.9 Å². The fraction of sp³-hybridized carbons (Fsp3) is 0.120. The third kappa shape index (κ3) is 4.33. The van der Waals surface area contributed by atoms with Crippen molar-refractivity contribution in [2.75, 3.05) is 4.90 Å². The van der Waals surface area contributed by atoms with Gasteiger partial charge in [-0.2, -0.15) is 0 Å². The van der Waals surface area contributed by atoms with Gasteiger partial charge in [-0.05, 0) is 73.1 Å². The minimum atomic E-state index is -1.28. The molecule has 1 aliphatic rings. The van der Waals surface area contributed by atoms with Crippen molar-refractivity contribution in [3.63, 3.8) is 0 Å². The molecule has 1 fully saturated rings. The molecule has 8 heteroatoms. The molecule has 0 spiro atoms. The van der Waals surface area contributed by atoms with E-state index in [1.807, 2.05) is 19.1 Å². The Kier molecular flexibility index (Phi) is 5.93. The number of hydrogen-bond acceptors (Lipinski definition) is 6. The number of aromatic carboxylic acids is 1. The van der Waals surface area contributed by atoms with Crippen LogP contribution in [0.2, 0.25) is 0 Å². The summed E-state index contributed by atoms with van der Waals surface area (Å²) in [4.78, 5) is 38.2. The Balaban J connectivity index is 1.66. The number of aryl methyl sites for hydroxylation is 2. The maximum absolute atomic E-state index is 13.1. The fourth-order valence-corrected chi connectivity index (χ4v) is 3.78. The standard InChI is InChI=1S/C25H20N2O5S/c1-3-15-5-8-17(9-6-15)27-23(29)20(22(28)26-25(27)33)13-18-10-11-21(32-18)16-7-4-14(2)19(12-16)24(30)31/h4-13H,3H2,1-2H3,(H,30,31)(H,26,28,33)/p-1/b20-13+. The zero-order chi connectivity index (χ0) is 23.7. The molecule has 0 bridgehead atoms. The van der Waals surface area contributed by atoms with Gasteiger partial charge in [-0.1, -0.05) is 31.2 Å². The highest BCUT2D eigenvalue weighted by atomic mass is 32.1. The molecule has 0 radical (unpaired) electrons. The molecule has 0 unspecified atom stereocenters. The van der Waals surface area contributed by atoms with E-state index in [0.717, 1.165) is 12.0 Å². The Morgan fingerprint density at radius 1 is 1.12 bits per heavy atom. The lowest BCUT2D eigenvalue weighted by molar-refractivity contribution is -0.255.